The summed E-state index contributed by atoms with van der Waals surface area (Å²) >= 11 is 0. The number of ether oxygens (including phenoxy) is 2. The zero-order valence-electron chi connectivity index (χ0n) is 14.4. The quantitative estimate of drug-likeness (QED) is 0.782. The smallest absolute Gasteiger partial charge is 0.243 e. The van der Waals surface area contributed by atoms with E-state index < -0.39 is 10.0 Å². The van der Waals surface area contributed by atoms with Gasteiger partial charge in [-0.05, 0) is 38.0 Å². The van der Waals surface area contributed by atoms with Gasteiger partial charge in [0.1, 0.15) is 4.90 Å². The number of sulfonamides is 1. The second-order valence-electron chi connectivity index (χ2n) is 5.27. The Morgan fingerprint density at radius 1 is 1.21 bits per heavy atom. The molecule has 0 amide bonds. The van der Waals surface area contributed by atoms with Crippen LogP contribution in [0.15, 0.2) is 29.3 Å². The molecule has 1 aromatic heterocycles. The predicted molar refractivity (Wildman–Crippen MR) is 91.1 cm³/mol. The molecule has 0 aliphatic carbocycles. The Balaban J connectivity index is 2.04. The van der Waals surface area contributed by atoms with E-state index in [9.17, 15) is 8.42 Å². The fourth-order valence-corrected chi connectivity index (χ4v) is 3.59. The van der Waals surface area contributed by atoms with Gasteiger partial charge in [0.2, 0.25) is 10.0 Å². The number of rotatable bonds is 8. The molecule has 24 heavy (non-hydrogen) atoms. The fraction of sp³-hybridized carbons (Fsp3) is 0.438. The minimum atomic E-state index is -3.57. The molecule has 1 aromatic carbocycles. The molecule has 0 saturated carbocycles. The van der Waals surface area contributed by atoms with Crippen LogP contribution in [-0.4, -0.2) is 39.0 Å². The van der Waals surface area contributed by atoms with Crippen LogP contribution in [0.25, 0.3) is 0 Å². The molecule has 7 nitrogen and oxygen atoms in total. The third-order valence-electron chi connectivity index (χ3n) is 3.67. The van der Waals surface area contributed by atoms with Crippen molar-refractivity contribution in [3.8, 4) is 11.5 Å². The first-order valence-electron chi connectivity index (χ1n) is 7.66. The lowest BCUT2D eigenvalue weighted by Crippen LogP contribution is -2.26. The zero-order chi connectivity index (χ0) is 17.7. The third-order valence-corrected chi connectivity index (χ3v) is 5.23. The van der Waals surface area contributed by atoms with Crippen molar-refractivity contribution in [3.63, 3.8) is 0 Å². The standard InChI is InChI=1S/C16H23N3O4S/c1-5-19-11-16(12(2)18-19)24(20,21)17-9-8-13-6-7-14(22-3)15(10-13)23-4/h6-7,10-11,17H,5,8-9H2,1-4H3. The van der Waals surface area contributed by atoms with Crippen LogP contribution in [0.2, 0.25) is 0 Å². The molecule has 0 saturated heterocycles. The molecule has 2 aromatic rings. The molecule has 2 rings (SSSR count). The SMILES string of the molecule is CCn1cc(S(=O)(=O)NCCc2ccc(OC)c(OC)c2)c(C)n1. The van der Waals surface area contributed by atoms with Crippen LogP contribution in [0.4, 0.5) is 0 Å². The zero-order valence-corrected chi connectivity index (χ0v) is 15.2. The lowest BCUT2D eigenvalue weighted by Gasteiger charge is -2.10. The highest BCUT2D eigenvalue weighted by atomic mass is 32.2. The van der Waals surface area contributed by atoms with Crippen molar-refractivity contribution >= 4 is 10.0 Å². The average Bonchev–Trinajstić information content (AvgIpc) is 2.96. The van der Waals surface area contributed by atoms with Gasteiger partial charge in [-0.1, -0.05) is 6.07 Å². The van der Waals surface area contributed by atoms with E-state index in [2.05, 4.69) is 9.82 Å². The number of benzene rings is 1. The second kappa shape index (κ2) is 7.67. The number of hydrogen-bond acceptors (Lipinski definition) is 5. The van der Waals surface area contributed by atoms with E-state index in [1.807, 2.05) is 19.1 Å². The Morgan fingerprint density at radius 2 is 1.92 bits per heavy atom. The Morgan fingerprint density at radius 3 is 2.50 bits per heavy atom. The molecule has 0 bridgehead atoms. The first kappa shape index (κ1) is 18.3. The number of aryl methyl sites for hydroxylation is 2. The van der Waals surface area contributed by atoms with Crippen molar-refractivity contribution in [2.24, 2.45) is 0 Å². The lowest BCUT2D eigenvalue weighted by atomic mass is 10.1. The summed E-state index contributed by atoms with van der Waals surface area (Å²) in [5, 5.41) is 4.17. The normalized spacial score (nSPS) is 11.5. The van der Waals surface area contributed by atoms with Crippen LogP contribution in [-0.2, 0) is 23.0 Å². The van der Waals surface area contributed by atoms with E-state index in [1.165, 1.54) is 0 Å². The van der Waals surface area contributed by atoms with Gasteiger partial charge in [-0.3, -0.25) is 4.68 Å². The van der Waals surface area contributed by atoms with Crippen molar-refractivity contribution in [1.82, 2.24) is 14.5 Å². The minimum absolute atomic E-state index is 0.219. The summed E-state index contributed by atoms with van der Waals surface area (Å²) in [6.07, 6.45) is 2.09. The number of nitrogens with one attached hydrogen (secondary N) is 1. The van der Waals surface area contributed by atoms with Crippen LogP contribution >= 0.6 is 0 Å². The number of aromatic nitrogens is 2. The van der Waals surface area contributed by atoms with Crippen molar-refractivity contribution in [1.29, 1.82) is 0 Å². The molecule has 8 heteroatoms. The van der Waals surface area contributed by atoms with E-state index in [0.717, 1.165) is 5.56 Å². The molecule has 1 N–H and O–H groups in total. The van der Waals surface area contributed by atoms with Gasteiger partial charge in [0.25, 0.3) is 0 Å². The second-order valence-corrected chi connectivity index (χ2v) is 7.01. The van der Waals surface area contributed by atoms with E-state index >= 15 is 0 Å². The molecule has 0 unspecified atom stereocenters. The molecule has 0 atom stereocenters. The van der Waals surface area contributed by atoms with E-state index in [0.29, 0.717) is 30.2 Å². The van der Waals surface area contributed by atoms with Gasteiger partial charge in [-0.25, -0.2) is 13.1 Å². The summed E-state index contributed by atoms with van der Waals surface area (Å²) < 4.78 is 39.4. The summed E-state index contributed by atoms with van der Waals surface area (Å²) in [6.45, 7) is 4.51. The van der Waals surface area contributed by atoms with Crippen LogP contribution < -0.4 is 14.2 Å². The summed E-state index contributed by atoms with van der Waals surface area (Å²) in [4.78, 5) is 0.219. The number of methoxy groups -OCH3 is 2. The van der Waals surface area contributed by atoms with Crippen LogP contribution in [0.3, 0.4) is 0 Å². The van der Waals surface area contributed by atoms with Gasteiger partial charge in [-0.15, -0.1) is 0 Å². The average molecular weight is 353 g/mol. The first-order chi connectivity index (χ1) is 11.4. The van der Waals surface area contributed by atoms with Crippen molar-refractivity contribution < 1.29 is 17.9 Å². The van der Waals surface area contributed by atoms with Crippen LogP contribution in [0, 0.1) is 6.92 Å². The maximum atomic E-state index is 12.4. The monoisotopic (exact) mass is 353 g/mol. The number of hydrogen-bond donors (Lipinski definition) is 1. The topological polar surface area (TPSA) is 82.5 Å². The predicted octanol–water partition coefficient (Wildman–Crippen LogP) is 1.75. The summed E-state index contributed by atoms with van der Waals surface area (Å²) in [7, 11) is -0.426. The van der Waals surface area contributed by atoms with Crippen molar-refractivity contribution in [3.05, 3.63) is 35.7 Å². The maximum absolute atomic E-state index is 12.4. The fourth-order valence-electron chi connectivity index (χ4n) is 2.37. The van der Waals surface area contributed by atoms with E-state index in [4.69, 9.17) is 9.47 Å². The van der Waals surface area contributed by atoms with Gasteiger partial charge in [0.05, 0.1) is 19.9 Å². The molecule has 0 radical (unpaired) electrons. The number of nitrogens with zero attached hydrogens (tertiary/aromatic N) is 2. The Labute approximate surface area is 142 Å². The highest BCUT2D eigenvalue weighted by Crippen LogP contribution is 2.27. The van der Waals surface area contributed by atoms with Gasteiger partial charge in [-0.2, -0.15) is 5.10 Å². The molecular weight excluding hydrogens is 330 g/mol. The van der Waals surface area contributed by atoms with Gasteiger partial charge >= 0.3 is 0 Å². The maximum Gasteiger partial charge on any atom is 0.243 e. The summed E-state index contributed by atoms with van der Waals surface area (Å²) in [6, 6.07) is 5.53. The van der Waals surface area contributed by atoms with Gasteiger partial charge in [0, 0.05) is 19.3 Å². The molecule has 132 valence electrons. The summed E-state index contributed by atoms with van der Waals surface area (Å²) in [5.41, 5.74) is 1.45. The lowest BCUT2D eigenvalue weighted by molar-refractivity contribution is 0.354. The Bertz CT molecular complexity index is 800. The molecule has 0 fully saturated rings. The van der Waals surface area contributed by atoms with Gasteiger partial charge in [0.15, 0.2) is 11.5 Å². The van der Waals surface area contributed by atoms with Crippen LogP contribution in [0.1, 0.15) is 18.2 Å². The van der Waals surface area contributed by atoms with E-state index in [1.54, 1.807) is 38.1 Å². The largest absolute Gasteiger partial charge is 0.493 e. The third kappa shape index (κ3) is 4.07. The Kier molecular flexibility index (Phi) is 5.84. The van der Waals surface area contributed by atoms with Crippen molar-refractivity contribution in [2.75, 3.05) is 20.8 Å². The Hall–Kier alpha value is -2.06. The van der Waals surface area contributed by atoms with Crippen molar-refractivity contribution in [2.45, 2.75) is 31.7 Å². The molecule has 1 heterocycles. The minimum Gasteiger partial charge on any atom is -0.493 e. The van der Waals surface area contributed by atoms with Crippen LogP contribution in [0.5, 0.6) is 11.5 Å². The summed E-state index contributed by atoms with van der Waals surface area (Å²) in [5.74, 6) is 1.27. The van der Waals surface area contributed by atoms with E-state index in [-0.39, 0.29) is 11.4 Å². The molecule has 0 aliphatic rings. The molecule has 0 aliphatic heterocycles. The van der Waals surface area contributed by atoms with Gasteiger partial charge < -0.3 is 9.47 Å². The highest BCUT2D eigenvalue weighted by Gasteiger charge is 2.19. The first-order valence-corrected chi connectivity index (χ1v) is 9.14. The molecule has 0 spiro atoms. The molecular formula is C16H23N3O4S. The highest BCUT2D eigenvalue weighted by molar-refractivity contribution is 7.89.